The van der Waals surface area contributed by atoms with Crippen molar-refractivity contribution >= 4 is 11.7 Å². The van der Waals surface area contributed by atoms with Gasteiger partial charge in [0, 0.05) is 43.0 Å². The van der Waals surface area contributed by atoms with Crippen molar-refractivity contribution in [1.82, 2.24) is 20.9 Å². The Balaban J connectivity index is 1.83. The van der Waals surface area contributed by atoms with Crippen molar-refractivity contribution in [2.24, 2.45) is 0 Å². The van der Waals surface area contributed by atoms with Crippen molar-refractivity contribution < 1.29 is 0 Å². The van der Waals surface area contributed by atoms with Crippen molar-refractivity contribution in [3.63, 3.8) is 0 Å². The van der Waals surface area contributed by atoms with E-state index in [4.69, 9.17) is 10.8 Å². The lowest BCUT2D eigenvalue weighted by atomic mass is 10.2. The smallest absolute Gasteiger partial charge is 0.146 e. The van der Waals surface area contributed by atoms with Gasteiger partial charge in [0.15, 0.2) is 0 Å². The molecule has 0 aromatic heterocycles. The van der Waals surface area contributed by atoms with Gasteiger partial charge in [-0.2, -0.15) is 0 Å². The molecular formula is C21H26N6. The summed E-state index contributed by atoms with van der Waals surface area (Å²) in [7, 11) is 3.54. The molecule has 0 radical (unpaired) electrons. The number of nitrogens with zero attached hydrogens (tertiary/aromatic N) is 2. The molecule has 0 spiro atoms. The molecular weight excluding hydrogens is 336 g/mol. The number of hydrogen-bond donors (Lipinski definition) is 4. The molecule has 140 valence electrons. The van der Waals surface area contributed by atoms with Crippen molar-refractivity contribution in [3.05, 3.63) is 96.3 Å². The van der Waals surface area contributed by atoms with E-state index in [2.05, 4.69) is 24.0 Å². The molecule has 6 nitrogen and oxygen atoms in total. The zero-order chi connectivity index (χ0) is 19.8. The maximum Gasteiger partial charge on any atom is 0.146 e. The highest BCUT2D eigenvalue weighted by Gasteiger charge is 2.10. The number of nitrogens with one attached hydrogen (secondary N) is 4. The largest absolute Gasteiger partial charge is 0.302 e. The second-order valence-electron chi connectivity index (χ2n) is 6.15. The minimum Gasteiger partial charge on any atom is -0.302 e. The average Bonchev–Trinajstić information content (AvgIpc) is 2.67. The summed E-state index contributed by atoms with van der Waals surface area (Å²) in [6.45, 7) is 8.00. The van der Waals surface area contributed by atoms with Gasteiger partial charge in [-0.1, -0.05) is 73.8 Å². The van der Waals surface area contributed by atoms with Crippen molar-refractivity contribution in [3.8, 4) is 0 Å². The molecule has 0 saturated carbocycles. The fourth-order valence-electron chi connectivity index (χ4n) is 2.50. The molecule has 6 heteroatoms. The van der Waals surface area contributed by atoms with Crippen LogP contribution in [0.1, 0.15) is 17.5 Å². The van der Waals surface area contributed by atoms with E-state index in [-0.39, 0.29) is 0 Å². The molecule has 0 saturated heterocycles. The van der Waals surface area contributed by atoms with Crippen molar-refractivity contribution in [2.75, 3.05) is 14.1 Å². The predicted octanol–water partition coefficient (Wildman–Crippen LogP) is 3.33. The lowest BCUT2D eigenvalue weighted by molar-refractivity contribution is 0.386. The summed E-state index contributed by atoms with van der Waals surface area (Å²) in [5, 5.41) is 19.7. The van der Waals surface area contributed by atoms with Crippen LogP contribution >= 0.6 is 0 Å². The fourth-order valence-corrected chi connectivity index (χ4v) is 2.50. The Bertz CT molecular complexity index is 744. The van der Waals surface area contributed by atoms with Gasteiger partial charge in [0.05, 0.1) is 0 Å². The average molecular weight is 362 g/mol. The fraction of sp³-hybridized carbons (Fsp3) is 0.143. The highest BCUT2D eigenvalue weighted by molar-refractivity contribution is 5.96. The van der Waals surface area contributed by atoms with Gasteiger partial charge in [0.25, 0.3) is 0 Å². The van der Waals surface area contributed by atoms with Crippen LogP contribution in [0.3, 0.4) is 0 Å². The first kappa shape index (κ1) is 19.8. The molecule has 0 amide bonds. The molecule has 0 heterocycles. The first-order valence-corrected chi connectivity index (χ1v) is 8.52. The van der Waals surface area contributed by atoms with Gasteiger partial charge in [0.2, 0.25) is 0 Å². The van der Waals surface area contributed by atoms with E-state index in [0.717, 1.165) is 11.1 Å². The van der Waals surface area contributed by atoms with E-state index in [0.29, 0.717) is 29.5 Å². The molecule has 0 aliphatic carbocycles. The van der Waals surface area contributed by atoms with Gasteiger partial charge in [-0.05, 0) is 0 Å². The van der Waals surface area contributed by atoms with Crippen LogP contribution in [0.5, 0.6) is 0 Å². The van der Waals surface area contributed by atoms with Gasteiger partial charge in [0.1, 0.15) is 11.7 Å². The van der Waals surface area contributed by atoms with Gasteiger partial charge >= 0.3 is 0 Å². The van der Waals surface area contributed by atoms with Crippen LogP contribution in [0, 0.1) is 10.8 Å². The van der Waals surface area contributed by atoms with Crippen LogP contribution in [0.2, 0.25) is 0 Å². The first-order valence-electron chi connectivity index (χ1n) is 8.52. The monoisotopic (exact) mass is 362 g/mol. The standard InChI is InChI=1S/C21H26N6/c1-16(24-26(3)20(22)18-11-7-5-8-12-18)15-17(2)25-27(4)21(23)19-13-9-6-10-14-19/h5-14,22-25H,1-2,15H2,3-4H3. The van der Waals surface area contributed by atoms with Crippen molar-refractivity contribution in [2.45, 2.75) is 6.42 Å². The maximum atomic E-state index is 8.22. The zero-order valence-electron chi connectivity index (χ0n) is 15.8. The van der Waals surface area contributed by atoms with E-state index in [9.17, 15) is 0 Å². The number of hydrogen-bond acceptors (Lipinski definition) is 4. The van der Waals surface area contributed by atoms with Crippen LogP contribution in [-0.4, -0.2) is 35.8 Å². The highest BCUT2D eigenvalue weighted by Crippen LogP contribution is 2.07. The van der Waals surface area contributed by atoms with Gasteiger partial charge in [-0.15, -0.1) is 0 Å². The van der Waals surface area contributed by atoms with E-state index in [1.54, 1.807) is 24.1 Å². The van der Waals surface area contributed by atoms with Gasteiger partial charge < -0.3 is 10.9 Å². The maximum absolute atomic E-state index is 8.22. The quantitative estimate of drug-likeness (QED) is 0.330. The first-order chi connectivity index (χ1) is 12.9. The Kier molecular flexibility index (Phi) is 6.77. The van der Waals surface area contributed by atoms with E-state index >= 15 is 0 Å². The highest BCUT2D eigenvalue weighted by atomic mass is 15.5. The summed E-state index contributed by atoms with van der Waals surface area (Å²) in [4.78, 5) is 0. The summed E-state index contributed by atoms with van der Waals surface area (Å²) in [5.74, 6) is 0.691. The Morgan fingerprint density at radius 2 is 1.07 bits per heavy atom. The van der Waals surface area contributed by atoms with E-state index in [1.165, 1.54) is 0 Å². The predicted molar refractivity (Wildman–Crippen MR) is 111 cm³/mol. The number of benzene rings is 2. The second-order valence-corrected chi connectivity index (χ2v) is 6.15. The normalized spacial score (nSPS) is 9.85. The molecule has 2 rings (SSSR count). The number of amidine groups is 2. The van der Waals surface area contributed by atoms with E-state index < -0.39 is 0 Å². The summed E-state index contributed by atoms with van der Waals surface area (Å²) in [5.41, 5.74) is 9.18. The molecule has 0 unspecified atom stereocenters. The lowest BCUT2D eigenvalue weighted by Crippen LogP contribution is -2.41. The van der Waals surface area contributed by atoms with Gasteiger partial charge in [-0.3, -0.25) is 20.8 Å². The molecule has 0 bridgehead atoms. The van der Waals surface area contributed by atoms with Crippen LogP contribution < -0.4 is 10.9 Å². The third-order valence-corrected chi connectivity index (χ3v) is 3.84. The van der Waals surface area contributed by atoms with Crippen LogP contribution in [-0.2, 0) is 0 Å². The Labute approximate surface area is 160 Å². The molecule has 4 N–H and O–H groups in total. The third-order valence-electron chi connectivity index (χ3n) is 3.84. The van der Waals surface area contributed by atoms with Gasteiger partial charge in [-0.25, -0.2) is 0 Å². The third kappa shape index (κ3) is 5.74. The second kappa shape index (κ2) is 9.24. The van der Waals surface area contributed by atoms with Crippen LogP contribution in [0.4, 0.5) is 0 Å². The Hall–Kier alpha value is -3.54. The molecule has 2 aromatic carbocycles. The minimum absolute atomic E-state index is 0.346. The molecule has 0 atom stereocenters. The van der Waals surface area contributed by atoms with Crippen LogP contribution in [0.15, 0.2) is 85.2 Å². The topological polar surface area (TPSA) is 78.2 Å². The van der Waals surface area contributed by atoms with E-state index in [1.807, 2.05) is 60.7 Å². The van der Waals surface area contributed by atoms with Crippen LogP contribution in [0.25, 0.3) is 0 Å². The number of hydrazine groups is 2. The Morgan fingerprint density at radius 1 is 0.741 bits per heavy atom. The SMILES string of the molecule is C=C(CC(=C)NN(C)C(=N)c1ccccc1)NN(C)C(=N)c1ccccc1. The lowest BCUT2D eigenvalue weighted by Gasteiger charge is -2.26. The Morgan fingerprint density at radius 3 is 1.41 bits per heavy atom. The summed E-state index contributed by atoms with van der Waals surface area (Å²) < 4.78 is 0. The molecule has 0 aliphatic rings. The zero-order valence-corrected chi connectivity index (χ0v) is 15.8. The number of rotatable bonds is 8. The summed E-state index contributed by atoms with van der Waals surface area (Å²) in [6.07, 6.45) is 0.457. The molecule has 0 aliphatic heterocycles. The molecule has 2 aromatic rings. The molecule has 27 heavy (non-hydrogen) atoms. The van der Waals surface area contributed by atoms with Crippen molar-refractivity contribution in [1.29, 1.82) is 10.8 Å². The minimum atomic E-state index is 0.346. The molecule has 0 fully saturated rings. The summed E-state index contributed by atoms with van der Waals surface area (Å²) in [6, 6.07) is 19.0. The summed E-state index contributed by atoms with van der Waals surface area (Å²) >= 11 is 0.